The molecule has 5 nitrogen and oxygen atoms in total. The molecule has 3 rings (SSSR count). The number of amides is 1. The molecule has 2 heterocycles. The number of para-hydroxylation sites is 2. The monoisotopic (exact) mass is 381 g/mol. The van der Waals surface area contributed by atoms with Crippen LogP contribution in [0.3, 0.4) is 0 Å². The number of piperidine rings is 1. The van der Waals surface area contributed by atoms with E-state index in [1.165, 1.54) is 12.8 Å². The molecule has 1 aromatic carbocycles. The number of halogens is 2. The third-order valence-electron chi connectivity index (χ3n) is 5.62. The van der Waals surface area contributed by atoms with Gasteiger partial charge in [-0.1, -0.05) is 19.1 Å². The SMILES string of the molecule is CC(CC(=O)NC1CCN(c2ccccc2OC(F)F)C1)C1CCCNC1. The Morgan fingerprint density at radius 3 is 2.93 bits per heavy atom. The van der Waals surface area contributed by atoms with Crippen LogP contribution in [0.1, 0.15) is 32.6 Å². The fourth-order valence-corrected chi connectivity index (χ4v) is 4.12. The summed E-state index contributed by atoms with van der Waals surface area (Å²) in [7, 11) is 0. The maximum Gasteiger partial charge on any atom is 0.387 e. The Balaban J connectivity index is 1.50. The third-order valence-corrected chi connectivity index (χ3v) is 5.62. The number of rotatable bonds is 7. The van der Waals surface area contributed by atoms with Gasteiger partial charge in [0.05, 0.1) is 5.69 Å². The predicted molar refractivity (Wildman–Crippen MR) is 101 cm³/mol. The molecule has 27 heavy (non-hydrogen) atoms. The molecule has 7 heteroatoms. The number of anilines is 1. The number of carbonyl (C=O) groups is 1. The summed E-state index contributed by atoms with van der Waals surface area (Å²) in [5.74, 6) is 1.17. The topological polar surface area (TPSA) is 53.6 Å². The van der Waals surface area contributed by atoms with Gasteiger partial charge in [-0.15, -0.1) is 0 Å². The number of nitrogens with one attached hydrogen (secondary N) is 2. The molecular weight excluding hydrogens is 352 g/mol. The van der Waals surface area contributed by atoms with E-state index in [-0.39, 0.29) is 17.7 Å². The smallest absolute Gasteiger partial charge is 0.387 e. The third kappa shape index (κ3) is 5.54. The van der Waals surface area contributed by atoms with Gasteiger partial charge in [-0.05, 0) is 56.3 Å². The first kappa shape index (κ1) is 19.9. The van der Waals surface area contributed by atoms with Gasteiger partial charge in [0.15, 0.2) is 0 Å². The molecule has 1 aromatic rings. The van der Waals surface area contributed by atoms with Crippen LogP contribution in [0.5, 0.6) is 5.75 Å². The maximum atomic E-state index is 12.6. The van der Waals surface area contributed by atoms with Gasteiger partial charge in [0.2, 0.25) is 5.91 Å². The van der Waals surface area contributed by atoms with Gasteiger partial charge >= 0.3 is 6.61 Å². The Hall–Kier alpha value is -1.89. The van der Waals surface area contributed by atoms with Gasteiger partial charge < -0.3 is 20.3 Å². The van der Waals surface area contributed by atoms with Gasteiger partial charge in [0.1, 0.15) is 5.75 Å². The molecule has 2 aliphatic rings. The van der Waals surface area contributed by atoms with Crippen molar-refractivity contribution in [2.45, 2.75) is 45.3 Å². The van der Waals surface area contributed by atoms with E-state index in [1.54, 1.807) is 24.3 Å². The van der Waals surface area contributed by atoms with Gasteiger partial charge in [0.25, 0.3) is 0 Å². The summed E-state index contributed by atoms with van der Waals surface area (Å²) in [5, 5.41) is 6.52. The van der Waals surface area contributed by atoms with Crippen molar-refractivity contribution >= 4 is 11.6 Å². The number of benzene rings is 1. The summed E-state index contributed by atoms with van der Waals surface area (Å²) in [6.07, 6.45) is 3.69. The van der Waals surface area contributed by atoms with Crippen molar-refractivity contribution in [1.29, 1.82) is 0 Å². The summed E-state index contributed by atoms with van der Waals surface area (Å²) in [6.45, 7) is 2.68. The van der Waals surface area contributed by atoms with Crippen LogP contribution < -0.4 is 20.3 Å². The van der Waals surface area contributed by atoms with Crippen LogP contribution in [0.15, 0.2) is 24.3 Å². The molecule has 150 valence electrons. The number of alkyl halides is 2. The number of nitrogens with zero attached hydrogens (tertiary/aromatic N) is 1. The van der Waals surface area contributed by atoms with Crippen molar-refractivity contribution in [1.82, 2.24) is 10.6 Å². The molecule has 0 bridgehead atoms. The number of hydrogen-bond donors (Lipinski definition) is 2. The molecule has 0 aromatic heterocycles. The molecule has 2 aliphatic heterocycles. The fraction of sp³-hybridized carbons (Fsp3) is 0.650. The quantitative estimate of drug-likeness (QED) is 0.762. The standard InChI is InChI=1S/C20H29F2N3O2/c1-14(15-5-4-9-23-12-15)11-19(26)24-16-8-10-25(13-16)17-6-2-3-7-18(17)27-20(21)22/h2-3,6-7,14-16,20,23H,4-5,8-13H2,1H3,(H,24,26). The maximum absolute atomic E-state index is 12.6. The van der Waals surface area contributed by atoms with Crippen molar-refractivity contribution in [2.24, 2.45) is 11.8 Å². The van der Waals surface area contributed by atoms with Crippen molar-refractivity contribution in [3.63, 3.8) is 0 Å². The first-order valence-electron chi connectivity index (χ1n) is 9.82. The van der Waals surface area contributed by atoms with Crippen molar-refractivity contribution < 1.29 is 18.3 Å². The van der Waals surface area contributed by atoms with Gasteiger partial charge in [0, 0.05) is 25.6 Å². The zero-order chi connectivity index (χ0) is 19.2. The molecule has 3 unspecified atom stereocenters. The molecule has 3 atom stereocenters. The normalized spacial score (nSPS) is 24.1. The first-order chi connectivity index (χ1) is 13.0. The summed E-state index contributed by atoms with van der Waals surface area (Å²) >= 11 is 0. The van der Waals surface area contributed by atoms with Crippen LogP contribution in [0.2, 0.25) is 0 Å². The second kappa shape index (κ2) is 9.35. The summed E-state index contributed by atoms with van der Waals surface area (Å²) in [5.41, 5.74) is 0.649. The minimum Gasteiger partial charge on any atom is -0.433 e. The lowest BCUT2D eigenvalue weighted by atomic mass is 9.85. The van der Waals surface area contributed by atoms with E-state index in [9.17, 15) is 13.6 Å². The molecule has 1 amide bonds. The number of carbonyl (C=O) groups excluding carboxylic acids is 1. The first-order valence-corrected chi connectivity index (χ1v) is 9.82. The van der Waals surface area contributed by atoms with E-state index in [2.05, 4.69) is 22.3 Å². The highest BCUT2D eigenvalue weighted by Gasteiger charge is 2.28. The van der Waals surface area contributed by atoms with Gasteiger partial charge in [-0.2, -0.15) is 8.78 Å². The second-order valence-corrected chi connectivity index (χ2v) is 7.63. The average molecular weight is 381 g/mol. The van der Waals surface area contributed by atoms with E-state index < -0.39 is 6.61 Å². The van der Waals surface area contributed by atoms with Crippen molar-refractivity contribution in [3.8, 4) is 5.75 Å². The molecule has 0 aliphatic carbocycles. The highest BCUT2D eigenvalue weighted by atomic mass is 19.3. The van der Waals surface area contributed by atoms with Gasteiger partial charge in [-0.25, -0.2) is 0 Å². The van der Waals surface area contributed by atoms with Crippen LogP contribution >= 0.6 is 0 Å². The van der Waals surface area contributed by atoms with Crippen LogP contribution in [-0.4, -0.2) is 44.7 Å². The van der Waals surface area contributed by atoms with Crippen LogP contribution in [0, 0.1) is 11.8 Å². The van der Waals surface area contributed by atoms with E-state index >= 15 is 0 Å². The molecule has 0 radical (unpaired) electrons. The van der Waals surface area contributed by atoms with E-state index in [0.717, 1.165) is 19.5 Å². The molecule has 2 N–H and O–H groups in total. The molecule has 0 saturated carbocycles. The molecular formula is C20H29F2N3O2. The van der Waals surface area contributed by atoms with Crippen LogP contribution in [-0.2, 0) is 4.79 Å². The highest BCUT2D eigenvalue weighted by molar-refractivity contribution is 5.76. The lowest BCUT2D eigenvalue weighted by Gasteiger charge is -2.28. The Morgan fingerprint density at radius 2 is 2.19 bits per heavy atom. The zero-order valence-corrected chi connectivity index (χ0v) is 15.8. The van der Waals surface area contributed by atoms with E-state index in [0.29, 0.717) is 37.0 Å². The molecule has 2 saturated heterocycles. The lowest BCUT2D eigenvalue weighted by Crippen LogP contribution is -2.40. The number of ether oxygens (including phenoxy) is 1. The lowest BCUT2D eigenvalue weighted by molar-refractivity contribution is -0.122. The summed E-state index contributed by atoms with van der Waals surface area (Å²) in [6, 6.07) is 6.85. The van der Waals surface area contributed by atoms with Crippen molar-refractivity contribution in [3.05, 3.63) is 24.3 Å². The van der Waals surface area contributed by atoms with E-state index in [1.807, 2.05) is 4.90 Å². The van der Waals surface area contributed by atoms with Crippen molar-refractivity contribution in [2.75, 3.05) is 31.1 Å². The molecule has 2 fully saturated rings. The minimum atomic E-state index is -2.85. The Labute approximate surface area is 159 Å². The number of hydrogen-bond acceptors (Lipinski definition) is 4. The zero-order valence-electron chi connectivity index (χ0n) is 15.8. The largest absolute Gasteiger partial charge is 0.433 e. The van der Waals surface area contributed by atoms with Crippen LogP contribution in [0.4, 0.5) is 14.5 Å². The molecule has 0 spiro atoms. The fourth-order valence-electron chi connectivity index (χ4n) is 4.12. The Kier molecular flexibility index (Phi) is 6.88. The predicted octanol–water partition coefficient (Wildman–Crippen LogP) is 3.01. The highest BCUT2D eigenvalue weighted by Crippen LogP contribution is 2.32. The van der Waals surface area contributed by atoms with Crippen LogP contribution in [0.25, 0.3) is 0 Å². The second-order valence-electron chi connectivity index (χ2n) is 7.63. The Morgan fingerprint density at radius 1 is 1.37 bits per heavy atom. The average Bonchev–Trinajstić information content (AvgIpc) is 3.10. The summed E-state index contributed by atoms with van der Waals surface area (Å²) in [4.78, 5) is 14.4. The Bertz CT molecular complexity index is 623. The van der Waals surface area contributed by atoms with Gasteiger partial charge in [-0.3, -0.25) is 4.79 Å². The summed E-state index contributed by atoms with van der Waals surface area (Å²) < 4.78 is 29.8. The van der Waals surface area contributed by atoms with E-state index in [4.69, 9.17) is 0 Å². The minimum absolute atomic E-state index is 0.0359.